The molecule has 1 fully saturated rings. The van der Waals surface area contributed by atoms with E-state index in [2.05, 4.69) is 29.2 Å². The largest absolute Gasteiger partial charge is 0.480 e. The molecule has 1 aromatic carbocycles. The molecule has 19 heavy (non-hydrogen) atoms. The number of nitrogens with zero attached hydrogens (tertiary/aromatic N) is 1. The van der Waals surface area contributed by atoms with Gasteiger partial charge in [0.25, 0.3) is 0 Å². The first-order valence-corrected chi connectivity index (χ1v) is 6.96. The van der Waals surface area contributed by atoms with Crippen LogP contribution in [0.1, 0.15) is 18.4 Å². The maximum atomic E-state index is 11.5. The minimum absolute atomic E-state index is 0.193. The number of piperidine rings is 1. The monoisotopic (exact) mass is 257 g/mol. The van der Waals surface area contributed by atoms with Gasteiger partial charge in [-0.2, -0.15) is 0 Å². The number of hydrogen-bond donors (Lipinski definition) is 1. The lowest BCUT2D eigenvalue weighted by molar-refractivity contribution is -0.148. The van der Waals surface area contributed by atoms with Gasteiger partial charge in [-0.15, -0.1) is 0 Å². The molecule has 2 bridgehead atoms. The van der Waals surface area contributed by atoms with Gasteiger partial charge in [0.15, 0.2) is 0 Å². The first-order chi connectivity index (χ1) is 9.25. The van der Waals surface area contributed by atoms with Crippen LogP contribution >= 0.6 is 0 Å². The number of benzene rings is 1. The van der Waals surface area contributed by atoms with Crippen LogP contribution in [0.2, 0.25) is 0 Å². The Balaban J connectivity index is 1.72. The summed E-state index contributed by atoms with van der Waals surface area (Å²) in [6.07, 6.45) is 7.33. The van der Waals surface area contributed by atoms with Crippen LogP contribution in [-0.4, -0.2) is 34.6 Å². The third-order valence-electron chi connectivity index (χ3n) is 4.32. The highest BCUT2D eigenvalue weighted by Crippen LogP contribution is 2.35. The van der Waals surface area contributed by atoms with E-state index in [1.807, 2.05) is 18.2 Å². The topological polar surface area (TPSA) is 40.5 Å². The van der Waals surface area contributed by atoms with E-state index in [4.69, 9.17) is 0 Å². The van der Waals surface area contributed by atoms with Gasteiger partial charge in [0.1, 0.15) is 6.04 Å². The van der Waals surface area contributed by atoms with E-state index in [9.17, 15) is 9.90 Å². The molecule has 0 spiro atoms. The van der Waals surface area contributed by atoms with Gasteiger partial charge in [0, 0.05) is 18.5 Å². The number of fused-ring (bicyclic) bond motifs is 2. The molecule has 3 aliphatic rings. The van der Waals surface area contributed by atoms with E-state index in [0.29, 0.717) is 6.04 Å². The Bertz CT molecular complexity index is 483. The van der Waals surface area contributed by atoms with E-state index in [1.54, 1.807) is 0 Å². The quantitative estimate of drug-likeness (QED) is 0.842. The molecule has 3 unspecified atom stereocenters. The summed E-state index contributed by atoms with van der Waals surface area (Å²) < 4.78 is 0. The average Bonchev–Trinajstić information content (AvgIpc) is 2.46. The van der Waals surface area contributed by atoms with Gasteiger partial charge in [-0.1, -0.05) is 42.5 Å². The van der Waals surface area contributed by atoms with Gasteiger partial charge in [0.2, 0.25) is 0 Å². The third kappa shape index (κ3) is 2.43. The maximum Gasteiger partial charge on any atom is 0.321 e. The SMILES string of the molecule is O=C(O)C1C2C=CC(CC2)N1CCc1ccccc1. The first kappa shape index (κ1) is 12.4. The molecule has 2 heterocycles. The summed E-state index contributed by atoms with van der Waals surface area (Å²) in [5.41, 5.74) is 1.28. The van der Waals surface area contributed by atoms with Crippen LogP contribution in [-0.2, 0) is 11.2 Å². The zero-order chi connectivity index (χ0) is 13.2. The van der Waals surface area contributed by atoms with Gasteiger partial charge in [0.05, 0.1) is 0 Å². The van der Waals surface area contributed by atoms with E-state index >= 15 is 0 Å². The second kappa shape index (κ2) is 5.17. The van der Waals surface area contributed by atoms with Gasteiger partial charge in [-0.3, -0.25) is 9.69 Å². The van der Waals surface area contributed by atoms with Crippen LogP contribution in [0.5, 0.6) is 0 Å². The van der Waals surface area contributed by atoms with Crippen molar-refractivity contribution in [3.8, 4) is 0 Å². The molecule has 100 valence electrons. The molecule has 0 aromatic heterocycles. The Hall–Kier alpha value is -1.61. The van der Waals surface area contributed by atoms with Gasteiger partial charge >= 0.3 is 5.97 Å². The molecule has 3 atom stereocenters. The number of carbonyl (C=O) groups is 1. The van der Waals surface area contributed by atoms with Gasteiger partial charge in [-0.05, 0) is 24.8 Å². The van der Waals surface area contributed by atoms with Crippen molar-refractivity contribution in [1.29, 1.82) is 0 Å². The van der Waals surface area contributed by atoms with Crippen LogP contribution in [0.25, 0.3) is 0 Å². The summed E-state index contributed by atoms with van der Waals surface area (Å²) in [4.78, 5) is 13.7. The molecule has 3 nitrogen and oxygen atoms in total. The summed E-state index contributed by atoms with van der Waals surface area (Å²) in [6, 6.07) is 10.3. The predicted octanol–water partition coefficient (Wildman–Crippen LogP) is 2.33. The summed E-state index contributed by atoms with van der Waals surface area (Å²) in [5, 5.41) is 9.45. The smallest absolute Gasteiger partial charge is 0.321 e. The Labute approximate surface area is 113 Å². The van der Waals surface area contributed by atoms with E-state index in [1.165, 1.54) is 5.56 Å². The highest BCUT2D eigenvalue weighted by molar-refractivity contribution is 5.75. The minimum atomic E-state index is -0.674. The molecule has 1 aromatic rings. The number of carboxylic acid groups (broad SMARTS) is 1. The van der Waals surface area contributed by atoms with Crippen LogP contribution in [0.15, 0.2) is 42.5 Å². The van der Waals surface area contributed by atoms with Crippen molar-refractivity contribution >= 4 is 5.97 Å². The van der Waals surface area contributed by atoms with Crippen LogP contribution in [0.4, 0.5) is 0 Å². The van der Waals surface area contributed by atoms with E-state index in [0.717, 1.165) is 25.8 Å². The Kier molecular flexibility index (Phi) is 3.38. The Morgan fingerprint density at radius 3 is 2.63 bits per heavy atom. The van der Waals surface area contributed by atoms with Crippen molar-refractivity contribution in [3.63, 3.8) is 0 Å². The number of hydrogen-bond acceptors (Lipinski definition) is 2. The van der Waals surface area contributed by atoms with Crippen molar-refractivity contribution in [3.05, 3.63) is 48.0 Å². The zero-order valence-corrected chi connectivity index (χ0v) is 10.9. The lowest BCUT2D eigenvalue weighted by atomic mass is 9.79. The summed E-state index contributed by atoms with van der Waals surface area (Å²) in [5.74, 6) is -0.481. The lowest BCUT2D eigenvalue weighted by Crippen LogP contribution is -2.56. The summed E-state index contributed by atoms with van der Waals surface area (Å²) in [6.45, 7) is 0.826. The molecule has 1 N–H and O–H groups in total. The van der Waals surface area contributed by atoms with E-state index < -0.39 is 5.97 Å². The standard InChI is InChI=1S/C16H19NO2/c18-16(19)15-13-6-8-14(9-7-13)17(15)11-10-12-4-2-1-3-5-12/h1-6,8,13-15H,7,9-11H2,(H,18,19). The molecule has 1 saturated heterocycles. The molecular weight excluding hydrogens is 238 g/mol. The number of aliphatic carboxylic acids is 1. The Morgan fingerprint density at radius 1 is 1.21 bits per heavy atom. The molecule has 0 saturated carbocycles. The van der Waals surface area contributed by atoms with Crippen molar-refractivity contribution in [2.45, 2.75) is 31.3 Å². The lowest BCUT2D eigenvalue weighted by Gasteiger charge is -2.46. The number of carboxylic acids is 1. The van der Waals surface area contributed by atoms with Crippen molar-refractivity contribution in [1.82, 2.24) is 4.90 Å². The fourth-order valence-electron chi connectivity index (χ4n) is 3.35. The van der Waals surface area contributed by atoms with Crippen LogP contribution in [0.3, 0.4) is 0 Å². The van der Waals surface area contributed by atoms with Crippen molar-refractivity contribution in [2.75, 3.05) is 6.54 Å². The summed E-state index contributed by atoms with van der Waals surface area (Å²) >= 11 is 0. The molecule has 2 aliphatic heterocycles. The van der Waals surface area contributed by atoms with E-state index in [-0.39, 0.29) is 12.0 Å². The van der Waals surface area contributed by atoms with Crippen molar-refractivity contribution in [2.24, 2.45) is 5.92 Å². The number of rotatable bonds is 4. The highest BCUT2D eigenvalue weighted by Gasteiger charge is 2.42. The van der Waals surface area contributed by atoms with Gasteiger partial charge < -0.3 is 5.11 Å². The fraction of sp³-hybridized carbons (Fsp3) is 0.438. The average molecular weight is 257 g/mol. The molecule has 3 heteroatoms. The maximum absolute atomic E-state index is 11.5. The predicted molar refractivity (Wildman–Crippen MR) is 73.9 cm³/mol. The van der Waals surface area contributed by atoms with Crippen LogP contribution in [0, 0.1) is 5.92 Å². The van der Waals surface area contributed by atoms with Crippen LogP contribution < -0.4 is 0 Å². The second-order valence-electron chi connectivity index (χ2n) is 5.45. The highest BCUT2D eigenvalue weighted by atomic mass is 16.4. The molecule has 4 rings (SSSR count). The molecule has 0 radical (unpaired) electrons. The molecular formula is C16H19NO2. The summed E-state index contributed by atoms with van der Waals surface area (Å²) in [7, 11) is 0. The second-order valence-corrected chi connectivity index (χ2v) is 5.45. The minimum Gasteiger partial charge on any atom is -0.480 e. The normalized spacial score (nSPS) is 29.6. The first-order valence-electron chi connectivity index (χ1n) is 6.96. The van der Waals surface area contributed by atoms with Gasteiger partial charge in [-0.25, -0.2) is 0 Å². The zero-order valence-electron chi connectivity index (χ0n) is 10.9. The third-order valence-corrected chi connectivity index (χ3v) is 4.32. The molecule has 0 amide bonds. The molecule has 1 aliphatic carbocycles. The fourth-order valence-corrected chi connectivity index (χ4v) is 3.35. The Morgan fingerprint density at radius 2 is 2.00 bits per heavy atom. The van der Waals surface area contributed by atoms with Crippen molar-refractivity contribution < 1.29 is 9.90 Å².